The number of nitrogens with one attached hydrogen (secondary N) is 3. The second-order valence-corrected chi connectivity index (χ2v) is 8.32. The van der Waals surface area contributed by atoms with Crippen molar-refractivity contribution in [1.82, 2.24) is 15.6 Å². The van der Waals surface area contributed by atoms with Gasteiger partial charge in [0.15, 0.2) is 0 Å². The van der Waals surface area contributed by atoms with E-state index in [2.05, 4.69) is 20.9 Å². The lowest BCUT2D eigenvalue weighted by Crippen LogP contribution is -2.28. The smallest absolute Gasteiger partial charge is 0.229 e. The Balaban J connectivity index is 1.56. The molecule has 4 rings (SSSR count). The first kappa shape index (κ1) is 21.2. The van der Waals surface area contributed by atoms with Gasteiger partial charge in [0.05, 0.1) is 17.8 Å². The standard InChI is InChI=1S/C23H20ClFN4OS/c1-31-23-28-21(15-4-8-18(25)9-5-15)22(29-23)16-10-11-26-19(13-16)27-20(30)12-14-2-6-17(24)7-3-14/h2-11,13,23,28-29H,12H2,1H3,(H,26,27,30). The van der Waals surface area contributed by atoms with Crippen LogP contribution in [0.15, 0.2) is 66.9 Å². The maximum absolute atomic E-state index is 13.4. The van der Waals surface area contributed by atoms with E-state index < -0.39 is 0 Å². The van der Waals surface area contributed by atoms with Crippen LogP contribution in [-0.2, 0) is 11.2 Å². The summed E-state index contributed by atoms with van der Waals surface area (Å²) in [6, 6.07) is 17.2. The Morgan fingerprint density at radius 2 is 1.74 bits per heavy atom. The molecule has 0 radical (unpaired) electrons. The number of nitrogens with zero attached hydrogens (tertiary/aromatic N) is 1. The monoisotopic (exact) mass is 454 g/mol. The zero-order chi connectivity index (χ0) is 21.8. The van der Waals surface area contributed by atoms with Crippen molar-refractivity contribution in [1.29, 1.82) is 0 Å². The number of hydrogen-bond donors (Lipinski definition) is 3. The van der Waals surface area contributed by atoms with Gasteiger partial charge in [-0.05, 0) is 60.4 Å². The number of carbonyl (C=O) groups excluding carboxylic acids is 1. The molecule has 1 aliphatic rings. The summed E-state index contributed by atoms with van der Waals surface area (Å²) in [6.45, 7) is 0. The van der Waals surface area contributed by atoms with Gasteiger partial charge in [0.2, 0.25) is 5.91 Å². The average Bonchev–Trinajstić information content (AvgIpc) is 3.21. The summed E-state index contributed by atoms with van der Waals surface area (Å²) in [4.78, 5) is 16.7. The normalized spacial score (nSPS) is 15.4. The third-order valence-corrected chi connectivity index (χ3v) is 5.72. The zero-order valence-electron chi connectivity index (χ0n) is 16.7. The van der Waals surface area contributed by atoms with Gasteiger partial charge in [-0.2, -0.15) is 0 Å². The molecule has 2 aromatic carbocycles. The number of pyridine rings is 1. The molecule has 0 saturated heterocycles. The summed E-state index contributed by atoms with van der Waals surface area (Å²) in [5.41, 5.74) is 4.30. The summed E-state index contributed by atoms with van der Waals surface area (Å²) in [6.07, 6.45) is 3.86. The lowest BCUT2D eigenvalue weighted by atomic mass is 10.1. The largest absolute Gasteiger partial charge is 0.355 e. The first-order valence-corrected chi connectivity index (χ1v) is 11.3. The van der Waals surface area contributed by atoms with Crippen LogP contribution in [-0.4, -0.2) is 22.6 Å². The molecular formula is C23H20ClFN4OS. The van der Waals surface area contributed by atoms with Gasteiger partial charge in [0, 0.05) is 22.3 Å². The van der Waals surface area contributed by atoms with Crippen molar-refractivity contribution in [3.8, 4) is 0 Å². The number of hydrogen-bond acceptors (Lipinski definition) is 5. The van der Waals surface area contributed by atoms with Crippen LogP contribution in [0.3, 0.4) is 0 Å². The summed E-state index contributed by atoms with van der Waals surface area (Å²) in [7, 11) is 0. The quantitative estimate of drug-likeness (QED) is 0.503. The molecule has 5 nitrogen and oxygen atoms in total. The summed E-state index contributed by atoms with van der Waals surface area (Å²) in [5.74, 6) is 0.00361. The Labute approximate surface area is 189 Å². The molecular weight excluding hydrogens is 435 g/mol. The van der Waals surface area contributed by atoms with Crippen molar-refractivity contribution in [3.63, 3.8) is 0 Å². The predicted molar refractivity (Wildman–Crippen MR) is 125 cm³/mol. The van der Waals surface area contributed by atoms with Crippen LogP contribution < -0.4 is 16.0 Å². The third kappa shape index (κ3) is 5.18. The van der Waals surface area contributed by atoms with Crippen LogP contribution in [0.1, 0.15) is 16.7 Å². The van der Waals surface area contributed by atoms with Crippen molar-refractivity contribution >= 4 is 46.5 Å². The number of carbonyl (C=O) groups is 1. The summed E-state index contributed by atoms with van der Waals surface area (Å²) < 4.78 is 13.4. The van der Waals surface area contributed by atoms with E-state index in [1.807, 2.05) is 30.5 Å². The molecule has 0 aliphatic carbocycles. The van der Waals surface area contributed by atoms with Crippen molar-refractivity contribution in [3.05, 3.63) is 94.4 Å². The van der Waals surface area contributed by atoms with Gasteiger partial charge in [0.1, 0.15) is 17.1 Å². The Bertz CT molecular complexity index is 1120. The Hall–Kier alpha value is -3.03. The van der Waals surface area contributed by atoms with E-state index in [4.69, 9.17) is 11.6 Å². The predicted octanol–water partition coefficient (Wildman–Crippen LogP) is 4.72. The molecule has 8 heteroatoms. The summed E-state index contributed by atoms with van der Waals surface area (Å²) >= 11 is 7.51. The zero-order valence-corrected chi connectivity index (χ0v) is 18.2. The van der Waals surface area contributed by atoms with Crippen molar-refractivity contribution in [2.75, 3.05) is 11.6 Å². The van der Waals surface area contributed by atoms with E-state index in [-0.39, 0.29) is 23.6 Å². The second-order valence-electron chi connectivity index (χ2n) is 6.94. The number of aromatic nitrogens is 1. The number of benzene rings is 2. The van der Waals surface area contributed by atoms with Crippen LogP contribution >= 0.6 is 23.4 Å². The lowest BCUT2D eigenvalue weighted by Gasteiger charge is -2.11. The molecule has 3 N–H and O–H groups in total. The van der Waals surface area contributed by atoms with Gasteiger partial charge in [-0.25, -0.2) is 9.37 Å². The summed E-state index contributed by atoms with van der Waals surface area (Å²) in [5, 5.41) is 10.3. The first-order valence-electron chi connectivity index (χ1n) is 9.58. The van der Waals surface area contributed by atoms with Crippen LogP contribution in [0.5, 0.6) is 0 Å². The molecule has 1 aromatic heterocycles. The highest BCUT2D eigenvalue weighted by Gasteiger charge is 2.24. The van der Waals surface area contributed by atoms with Crippen LogP contribution in [0.4, 0.5) is 10.2 Å². The second kappa shape index (κ2) is 9.41. The molecule has 0 bridgehead atoms. The minimum Gasteiger partial charge on any atom is -0.355 e. The first-order chi connectivity index (χ1) is 15.0. The lowest BCUT2D eigenvalue weighted by molar-refractivity contribution is -0.115. The Morgan fingerprint density at radius 3 is 2.42 bits per heavy atom. The highest BCUT2D eigenvalue weighted by Crippen LogP contribution is 2.30. The molecule has 31 heavy (non-hydrogen) atoms. The Kier molecular flexibility index (Phi) is 6.44. The van der Waals surface area contributed by atoms with E-state index in [0.29, 0.717) is 10.8 Å². The molecule has 2 heterocycles. The van der Waals surface area contributed by atoms with Gasteiger partial charge in [-0.3, -0.25) is 4.79 Å². The van der Waals surface area contributed by atoms with Crippen molar-refractivity contribution < 1.29 is 9.18 Å². The average molecular weight is 455 g/mol. The van der Waals surface area contributed by atoms with Crippen molar-refractivity contribution in [2.45, 2.75) is 11.9 Å². The highest BCUT2D eigenvalue weighted by molar-refractivity contribution is 7.99. The third-order valence-electron chi connectivity index (χ3n) is 4.76. The fraction of sp³-hybridized carbons (Fsp3) is 0.130. The molecule has 3 aromatic rings. The number of anilines is 1. The molecule has 1 unspecified atom stereocenters. The number of rotatable bonds is 6. The Morgan fingerprint density at radius 1 is 1.06 bits per heavy atom. The van der Waals surface area contributed by atoms with Gasteiger partial charge < -0.3 is 16.0 Å². The molecule has 158 valence electrons. The number of halogens is 2. The van der Waals surface area contributed by atoms with Gasteiger partial charge >= 0.3 is 0 Å². The topological polar surface area (TPSA) is 66.0 Å². The maximum Gasteiger partial charge on any atom is 0.229 e. The number of amides is 1. The van der Waals surface area contributed by atoms with Gasteiger partial charge in [-0.15, -0.1) is 11.8 Å². The SMILES string of the molecule is CSC1NC(c2ccc(F)cc2)=C(c2ccnc(NC(=O)Cc3ccc(Cl)cc3)c2)N1. The highest BCUT2D eigenvalue weighted by atomic mass is 35.5. The molecule has 0 fully saturated rings. The fourth-order valence-corrected chi connectivity index (χ4v) is 3.86. The van der Waals surface area contributed by atoms with Gasteiger partial charge in [-0.1, -0.05) is 23.7 Å². The molecule has 1 amide bonds. The van der Waals surface area contributed by atoms with E-state index in [9.17, 15) is 9.18 Å². The molecule has 0 saturated carbocycles. The van der Waals surface area contributed by atoms with E-state index in [0.717, 1.165) is 28.1 Å². The van der Waals surface area contributed by atoms with Crippen LogP contribution in [0, 0.1) is 5.82 Å². The van der Waals surface area contributed by atoms with Gasteiger partial charge in [0.25, 0.3) is 0 Å². The van der Waals surface area contributed by atoms with Crippen molar-refractivity contribution in [2.24, 2.45) is 0 Å². The maximum atomic E-state index is 13.4. The van der Waals surface area contributed by atoms with Crippen LogP contribution in [0.2, 0.25) is 5.02 Å². The fourth-order valence-electron chi connectivity index (χ4n) is 3.26. The van der Waals surface area contributed by atoms with Crippen LogP contribution in [0.25, 0.3) is 11.4 Å². The number of thioether (sulfide) groups is 1. The van der Waals surface area contributed by atoms with E-state index >= 15 is 0 Å². The minimum absolute atomic E-state index is 0.0221. The van der Waals surface area contributed by atoms with E-state index in [1.165, 1.54) is 12.1 Å². The minimum atomic E-state index is -0.284. The molecule has 0 spiro atoms. The van der Waals surface area contributed by atoms with E-state index in [1.54, 1.807) is 42.2 Å². The molecule has 1 atom stereocenters. The molecule has 1 aliphatic heterocycles.